The van der Waals surface area contributed by atoms with Gasteiger partial charge in [0.1, 0.15) is 85.8 Å². The van der Waals surface area contributed by atoms with E-state index < -0.39 is 34.2 Å². The molecule has 746 valence electrons. The normalized spacial score (nSPS) is 22.1. The summed E-state index contributed by atoms with van der Waals surface area (Å²) in [7, 11) is -4.10. The van der Waals surface area contributed by atoms with Crippen LogP contribution in [0.5, 0.6) is 0 Å². The number of aromatic nitrogens is 10. The quantitative estimate of drug-likeness (QED) is 0.00810. The molecule has 0 aromatic carbocycles. The number of aliphatic hydroxyl groups is 4. The molecular formula is C98H127BrMgN16O22S. The molecular weight excluding hydrogens is 1890 g/mol. The summed E-state index contributed by atoms with van der Waals surface area (Å²) in [5.41, 5.74) is 3.46. The molecule has 5 saturated carbocycles. The summed E-state index contributed by atoms with van der Waals surface area (Å²) in [6.45, 7) is 25.3. The first-order valence-electron chi connectivity index (χ1n) is 45.9. The van der Waals surface area contributed by atoms with Gasteiger partial charge in [0, 0.05) is 99.1 Å². The van der Waals surface area contributed by atoms with Crippen molar-refractivity contribution in [3.05, 3.63) is 216 Å². The van der Waals surface area contributed by atoms with Crippen LogP contribution in [0.3, 0.4) is 0 Å². The van der Waals surface area contributed by atoms with Crippen LogP contribution in [0, 0.1) is 60.7 Å². The van der Waals surface area contributed by atoms with Crippen LogP contribution in [-0.4, -0.2) is 224 Å². The van der Waals surface area contributed by atoms with E-state index in [-0.39, 0.29) is 172 Å². The molecule has 0 bridgehead atoms. The second-order valence-corrected chi connectivity index (χ2v) is 36.5. The zero-order valence-electron chi connectivity index (χ0n) is 80.7. The smallest absolute Gasteiger partial charge is 1.00 e. The van der Waals surface area contributed by atoms with Crippen molar-refractivity contribution in [1.29, 1.82) is 0 Å². The van der Waals surface area contributed by atoms with Crippen LogP contribution >= 0.6 is 0 Å². The molecule has 6 fully saturated rings. The van der Waals surface area contributed by atoms with Crippen LogP contribution in [0.4, 0.5) is 29.1 Å². The Hall–Kier alpha value is -11.3. The first-order valence-corrected chi connectivity index (χ1v) is 47.4. The van der Waals surface area contributed by atoms with Gasteiger partial charge < -0.3 is 98.2 Å². The van der Waals surface area contributed by atoms with Crippen molar-refractivity contribution in [2.75, 3.05) is 59.6 Å². The monoisotopic (exact) mass is 2010 g/mol. The van der Waals surface area contributed by atoms with Crippen LogP contribution in [0.2, 0.25) is 0 Å². The zero-order valence-corrected chi connectivity index (χ0v) is 84.5. The molecule has 0 spiro atoms. The van der Waals surface area contributed by atoms with Gasteiger partial charge in [-0.05, 0) is 189 Å². The first-order chi connectivity index (χ1) is 65.1. The molecule has 1 aliphatic heterocycles. The Morgan fingerprint density at radius 1 is 0.453 bits per heavy atom. The Morgan fingerprint density at radius 3 is 0.978 bits per heavy atom. The Kier molecular flexibility index (Phi) is 45.9. The first kappa shape index (κ1) is 115. The summed E-state index contributed by atoms with van der Waals surface area (Å²) in [6, 6.07) is 7.99. The molecule has 5 aliphatic carbocycles. The summed E-state index contributed by atoms with van der Waals surface area (Å²) in [6.07, 6.45) is 34.7. The third kappa shape index (κ3) is 32.7. The second-order valence-electron chi connectivity index (χ2n) is 35.3. The van der Waals surface area contributed by atoms with Gasteiger partial charge in [-0.15, -0.1) is 0 Å². The van der Waals surface area contributed by atoms with Crippen molar-refractivity contribution in [2.45, 2.75) is 222 Å². The maximum absolute atomic E-state index is 12.8. The number of carbonyl (C=O) groups is 9. The van der Waals surface area contributed by atoms with Crippen LogP contribution < -0.4 is 48.7 Å². The molecule has 0 amide bonds. The van der Waals surface area contributed by atoms with Crippen LogP contribution in [0.15, 0.2) is 146 Å². The minimum absolute atomic E-state index is 0. The molecule has 0 radical (unpaired) electrons. The number of ketones is 8. The van der Waals surface area contributed by atoms with Gasteiger partial charge in [-0.1, -0.05) is 67.7 Å². The zero-order chi connectivity index (χ0) is 98.5. The third-order valence-corrected chi connectivity index (χ3v) is 25.9. The number of furan rings is 5. The van der Waals surface area contributed by atoms with Gasteiger partial charge in [0.25, 0.3) is 0 Å². The molecule has 11 heterocycles. The Labute approximate surface area is 835 Å². The van der Waals surface area contributed by atoms with E-state index in [1.54, 1.807) is 19.9 Å². The van der Waals surface area contributed by atoms with Gasteiger partial charge >= 0.3 is 33.4 Å². The molecule has 139 heavy (non-hydrogen) atoms. The molecule has 1 unspecified atom stereocenters. The van der Waals surface area contributed by atoms with Crippen LogP contribution in [0.25, 0.3) is 0 Å². The number of carbonyl (C=O) groups excluding carboxylic acids is 9. The Bertz CT molecular complexity index is 5650. The van der Waals surface area contributed by atoms with Gasteiger partial charge in [0.2, 0.25) is 28.9 Å². The number of nitrogens with one attached hydrogen (secondary N) is 5. The Balaban J connectivity index is 0.000000230. The molecule has 41 heteroatoms. The number of Topliss-reactive ketones (excluding diaryl/α,β-unsaturated/α-hetero) is 3. The molecule has 38 nitrogen and oxygen atoms in total. The summed E-state index contributed by atoms with van der Waals surface area (Å²) in [5.74, 6) is 4.66. The summed E-state index contributed by atoms with van der Waals surface area (Å²) >= 11 is 0. The average Bonchev–Trinajstić information content (AvgIpc) is 1.75. The predicted molar refractivity (Wildman–Crippen MR) is 512 cm³/mol. The van der Waals surface area contributed by atoms with Crippen molar-refractivity contribution in [3.63, 3.8) is 0 Å². The standard InChI is InChI=1S/C19H25N3O3.C19H23N3O3.C18H21N3O4.C18H21N3O3.C17H20N4O7S.C4H8O.C2H6O.CH3.BrH.Mg/c2*1-4-13-6-15(5-11(13)2)22-19-16(8-20-10-21-19)18(24)17-7-14(9-25-17)12(3)23;1-10-3-14(4-12(10)7-22)21-18-15(6-19-9-20-18)17(24)16-5-13(8-25-16)11(2)23;1-3-13-6-14(4-11(13)2)21-18-15(7-19-10-20-18)17(23)16-5-12(8-22)9-24-16;1-9(22)10-3-15(27-6-10)16(24)13-5-19-8-20-17(13)21-12-2-11(14(23)4-12)7-28-29(18,25)26;1-2-4-5-3-1;1-2-3;;;/h7-13,15,23H,4-6H2,1-3H3,(H,20,21,22);7-11,13,15H,4-6H2,1-3H3,(H,20,21,22);5-6,8-10,12,14,22H,3-4,7H2,1-2H3,(H,19,20,21);5,7-11,13-14H,3-4,6H2,1-2H3,(H,19,20,21);3,5-6,8,11-12,14,23H,2,4,7H2,1H3,(H2,18,25,26)(H,19,20,21);1-4H2;3H,2H2,1H3;1H3;1H;/q;;;;;;;-1;;+2/p-1/t11-,12?,13-,15-;11-,13-,15-;10-,12+,14-;11-,13-,14-;11-,12-,14+;;;;;/m00001...../s1. The largest absolute Gasteiger partial charge is 2.00 e. The van der Waals surface area contributed by atoms with Crippen molar-refractivity contribution in [2.24, 2.45) is 58.4 Å². The van der Waals surface area contributed by atoms with Crippen LogP contribution in [0.1, 0.15) is 313 Å². The van der Waals surface area contributed by atoms with E-state index in [4.69, 9.17) is 37.1 Å². The molecule has 11 N–H and O–H groups in total. The second kappa shape index (κ2) is 55.7. The summed E-state index contributed by atoms with van der Waals surface area (Å²) < 4.78 is 57.6. The van der Waals surface area contributed by atoms with E-state index >= 15 is 0 Å². The number of rotatable bonds is 32. The minimum atomic E-state index is -4.10. The van der Waals surface area contributed by atoms with E-state index in [1.807, 2.05) is 0 Å². The van der Waals surface area contributed by atoms with E-state index in [0.29, 0.717) is 146 Å². The van der Waals surface area contributed by atoms with E-state index in [1.165, 1.54) is 158 Å². The summed E-state index contributed by atoms with van der Waals surface area (Å²) in [5, 5.41) is 58.1. The number of hydrogen-bond donors (Lipinski definition) is 10. The van der Waals surface area contributed by atoms with Gasteiger partial charge in [0.05, 0.1) is 75.1 Å². The number of hydrogen-bond acceptors (Lipinski definition) is 37. The molecule has 16 atom stereocenters. The fourth-order valence-corrected chi connectivity index (χ4v) is 18.1. The number of aliphatic hydroxyl groups excluding tert-OH is 4. The maximum atomic E-state index is 12.8. The Morgan fingerprint density at radius 2 is 0.734 bits per heavy atom. The van der Waals surface area contributed by atoms with Gasteiger partial charge in [0.15, 0.2) is 52.4 Å². The molecule has 10 aromatic rings. The summed E-state index contributed by atoms with van der Waals surface area (Å²) in [4.78, 5) is 149. The van der Waals surface area contributed by atoms with E-state index in [2.05, 4.69) is 129 Å². The van der Waals surface area contributed by atoms with Gasteiger partial charge in [-0.25, -0.2) is 55.0 Å². The minimum Gasteiger partial charge on any atom is -1.00 e. The average molecular weight is 2020 g/mol. The van der Waals surface area contributed by atoms with Crippen LogP contribution in [-0.2, 0) is 19.2 Å². The third-order valence-electron chi connectivity index (χ3n) is 25.4. The SMILES string of the molecule is C1CCOC1.CC(=O)c1coc(C(=O)c2cncnc2N[C@@H]2C[C@H](CO)[C@@H](C)C2)c1.CC(=O)c1coc(C(=O)c2cncnc2N[C@@H]2C[C@H](COS(N)(=O)=O)[C@@H](O)C2)c1.CCO.CC[C@H]1C[C@@H](Nc2ncncc2C(=O)c2cc(C(C)=O)co2)C[C@@H]1C.CC[C@H]1C[C@@H](Nc2ncncc2C(=O)c2cc(C(C)O)co2)C[C@@H]1C.CC[C@H]1C[C@@H](Nc2ncncc2C(=O)c2cc(C=O)co2)C[C@@H]1C.[Br-].[CH3-].[Mg+2]. The number of anilines is 5. The molecule has 16 rings (SSSR count). The molecule has 10 aromatic heterocycles. The maximum Gasteiger partial charge on any atom is 2.00 e. The fraction of sp³-hybridized carbons (Fsp3) is 0.490. The van der Waals surface area contributed by atoms with Gasteiger partial charge in [-0.2, -0.15) is 8.42 Å². The van der Waals surface area contributed by atoms with Crippen molar-refractivity contribution in [3.8, 4) is 0 Å². The van der Waals surface area contributed by atoms with Gasteiger partial charge in [-0.3, -0.25) is 47.3 Å². The number of ether oxygens (including phenoxy) is 1. The predicted octanol–water partition coefficient (Wildman–Crippen LogP) is 11.1. The molecule has 1 saturated heterocycles. The topological polar surface area (TPSA) is 568 Å². The van der Waals surface area contributed by atoms with Crippen molar-refractivity contribution < 1.29 is 120 Å². The van der Waals surface area contributed by atoms with E-state index in [9.17, 15) is 66.9 Å². The number of nitrogens with two attached hydrogens (primary N) is 1. The van der Waals surface area contributed by atoms with Crippen molar-refractivity contribution >= 4 is 115 Å². The number of halogens is 1. The number of aldehydes is 1. The number of nitrogens with zero attached hydrogens (tertiary/aromatic N) is 10. The molecule has 6 aliphatic rings. The fourth-order valence-electron chi connectivity index (χ4n) is 17.7. The van der Waals surface area contributed by atoms with Crippen molar-refractivity contribution in [1.82, 2.24) is 49.8 Å². The van der Waals surface area contributed by atoms with E-state index in [0.717, 1.165) is 77.4 Å².